The molecular weight excluding hydrogens is 302 g/mol. The number of hydrogen-bond donors (Lipinski definition) is 2. The molecule has 2 aliphatic rings. The average molecular weight is 319 g/mol. The van der Waals surface area contributed by atoms with E-state index in [-0.39, 0.29) is 11.8 Å². The summed E-state index contributed by atoms with van der Waals surface area (Å²) in [7, 11) is 0. The standard InChI is InChI=1S/C18H17N5O/c24-15-8-11(14-9-19-12-6-1-2-7-13(12)20-14)16-17(10-4-3-5-10)22-23-18(16)21-15/h1-2,6-7,9-11H,3-5,8H2,(H2,21,22,23,24). The van der Waals surface area contributed by atoms with Gasteiger partial charge in [0, 0.05) is 35.7 Å². The second-order valence-corrected chi connectivity index (χ2v) is 6.62. The van der Waals surface area contributed by atoms with Crippen LogP contribution in [0.3, 0.4) is 0 Å². The third-order valence-corrected chi connectivity index (χ3v) is 5.17. The van der Waals surface area contributed by atoms with Crippen molar-refractivity contribution in [2.45, 2.75) is 37.5 Å². The molecule has 6 nitrogen and oxygen atoms in total. The Morgan fingerprint density at radius 3 is 2.75 bits per heavy atom. The molecule has 3 aromatic rings. The number of hydrogen-bond acceptors (Lipinski definition) is 4. The monoisotopic (exact) mass is 319 g/mol. The van der Waals surface area contributed by atoms with E-state index >= 15 is 0 Å². The number of para-hydroxylation sites is 2. The van der Waals surface area contributed by atoms with E-state index in [9.17, 15) is 4.79 Å². The number of nitrogens with zero attached hydrogens (tertiary/aromatic N) is 3. The maximum Gasteiger partial charge on any atom is 0.226 e. The zero-order chi connectivity index (χ0) is 16.1. The van der Waals surface area contributed by atoms with E-state index in [1.165, 1.54) is 19.3 Å². The Morgan fingerprint density at radius 1 is 1.12 bits per heavy atom. The SMILES string of the molecule is O=C1CC(c2cnc3ccccc3n2)c2c(n[nH]c2C2CCC2)N1. The van der Waals surface area contributed by atoms with Crippen molar-refractivity contribution in [1.82, 2.24) is 20.2 Å². The number of nitrogens with one attached hydrogen (secondary N) is 2. The second-order valence-electron chi connectivity index (χ2n) is 6.62. The average Bonchev–Trinajstić information content (AvgIpc) is 2.95. The summed E-state index contributed by atoms with van der Waals surface area (Å²) in [5, 5.41) is 10.4. The van der Waals surface area contributed by atoms with Crippen LogP contribution in [0.5, 0.6) is 0 Å². The first kappa shape index (κ1) is 13.7. The van der Waals surface area contributed by atoms with Gasteiger partial charge in [-0.25, -0.2) is 4.98 Å². The van der Waals surface area contributed by atoms with E-state index in [0.29, 0.717) is 18.2 Å². The van der Waals surface area contributed by atoms with Crippen molar-refractivity contribution in [2.24, 2.45) is 0 Å². The van der Waals surface area contributed by atoms with Gasteiger partial charge in [-0.3, -0.25) is 14.9 Å². The van der Waals surface area contributed by atoms with Gasteiger partial charge in [0.15, 0.2) is 5.82 Å². The van der Waals surface area contributed by atoms with Crippen LogP contribution >= 0.6 is 0 Å². The molecule has 1 aliphatic carbocycles. The molecule has 0 bridgehead atoms. The lowest BCUT2D eigenvalue weighted by molar-refractivity contribution is -0.116. The molecule has 3 heterocycles. The van der Waals surface area contributed by atoms with Gasteiger partial charge in [-0.15, -0.1) is 0 Å². The number of fused-ring (bicyclic) bond motifs is 2. The van der Waals surface area contributed by atoms with Gasteiger partial charge < -0.3 is 5.32 Å². The van der Waals surface area contributed by atoms with E-state index in [0.717, 1.165) is 28.0 Å². The Bertz CT molecular complexity index is 943. The van der Waals surface area contributed by atoms with Crippen LogP contribution in [0.2, 0.25) is 0 Å². The minimum atomic E-state index is -0.0831. The molecule has 1 amide bonds. The zero-order valence-corrected chi connectivity index (χ0v) is 13.1. The number of benzene rings is 1. The Kier molecular flexibility index (Phi) is 2.92. The lowest BCUT2D eigenvalue weighted by Crippen LogP contribution is -2.25. The highest BCUT2D eigenvalue weighted by atomic mass is 16.1. The fraction of sp³-hybridized carbons (Fsp3) is 0.333. The van der Waals surface area contributed by atoms with Gasteiger partial charge in [-0.1, -0.05) is 18.6 Å². The van der Waals surface area contributed by atoms with Gasteiger partial charge in [0.05, 0.1) is 16.7 Å². The van der Waals surface area contributed by atoms with Gasteiger partial charge in [-0.05, 0) is 25.0 Å². The zero-order valence-electron chi connectivity index (χ0n) is 13.1. The fourth-order valence-electron chi connectivity index (χ4n) is 3.68. The highest BCUT2D eigenvalue weighted by Crippen LogP contribution is 2.45. The molecule has 1 saturated carbocycles. The molecule has 0 radical (unpaired) electrons. The van der Waals surface area contributed by atoms with Crippen molar-refractivity contribution < 1.29 is 4.79 Å². The highest BCUT2D eigenvalue weighted by Gasteiger charge is 2.36. The van der Waals surface area contributed by atoms with Gasteiger partial charge >= 0.3 is 0 Å². The second kappa shape index (κ2) is 5.12. The summed E-state index contributed by atoms with van der Waals surface area (Å²) < 4.78 is 0. The first-order valence-electron chi connectivity index (χ1n) is 8.39. The van der Waals surface area contributed by atoms with Crippen LogP contribution in [0.15, 0.2) is 30.5 Å². The molecule has 1 unspecified atom stereocenters. The molecule has 1 fully saturated rings. The maximum atomic E-state index is 12.1. The molecule has 2 aromatic heterocycles. The Labute approximate surface area is 138 Å². The third-order valence-electron chi connectivity index (χ3n) is 5.17. The Balaban J connectivity index is 1.64. The summed E-state index contributed by atoms with van der Waals surface area (Å²) >= 11 is 0. The van der Waals surface area contributed by atoms with Crippen molar-refractivity contribution in [1.29, 1.82) is 0 Å². The van der Waals surface area contributed by atoms with E-state index < -0.39 is 0 Å². The number of carbonyl (C=O) groups excluding carboxylic acids is 1. The molecule has 1 aromatic carbocycles. The van der Waals surface area contributed by atoms with Crippen LogP contribution in [-0.2, 0) is 4.79 Å². The van der Waals surface area contributed by atoms with Crippen molar-refractivity contribution in [3.63, 3.8) is 0 Å². The largest absolute Gasteiger partial charge is 0.309 e. The number of aromatic nitrogens is 4. The Morgan fingerprint density at radius 2 is 1.96 bits per heavy atom. The lowest BCUT2D eigenvalue weighted by Gasteiger charge is -2.29. The first-order valence-corrected chi connectivity index (χ1v) is 8.39. The molecule has 0 spiro atoms. The van der Waals surface area contributed by atoms with Crippen LogP contribution < -0.4 is 5.32 Å². The van der Waals surface area contributed by atoms with E-state index in [1.54, 1.807) is 6.20 Å². The van der Waals surface area contributed by atoms with E-state index in [2.05, 4.69) is 20.5 Å². The van der Waals surface area contributed by atoms with Gasteiger partial charge in [0.2, 0.25) is 5.91 Å². The molecule has 120 valence electrons. The number of anilines is 1. The van der Waals surface area contributed by atoms with Gasteiger partial charge in [0.1, 0.15) is 0 Å². The highest BCUT2D eigenvalue weighted by molar-refractivity contribution is 5.94. The molecular formula is C18H17N5O. The maximum absolute atomic E-state index is 12.1. The number of aromatic amines is 1. The fourth-order valence-corrected chi connectivity index (χ4v) is 3.68. The molecule has 2 N–H and O–H groups in total. The van der Waals surface area contributed by atoms with Crippen molar-refractivity contribution >= 4 is 22.8 Å². The van der Waals surface area contributed by atoms with E-state index in [1.807, 2.05) is 24.3 Å². The van der Waals surface area contributed by atoms with Crippen LogP contribution in [0.1, 0.15) is 54.5 Å². The number of carbonyl (C=O) groups is 1. The number of amides is 1. The van der Waals surface area contributed by atoms with Gasteiger partial charge in [0.25, 0.3) is 0 Å². The van der Waals surface area contributed by atoms with Crippen LogP contribution in [0.4, 0.5) is 5.82 Å². The minimum Gasteiger partial charge on any atom is -0.309 e. The lowest BCUT2D eigenvalue weighted by atomic mass is 9.78. The third kappa shape index (κ3) is 2.02. The predicted octanol–water partition coefficient (Wildman–Crippen LogP) is 3.09. The van der Waals surface area contributed by atoms with Crippen LogP contribution in [0.25, 0.3) is 11.0 Å². The summed E-state index contributed by atoms with van der Waals surface area (Å²) in [6.45, 7) is 0. The first-order chi connectivity index (χ1) is 11.8. The normalized spacial score (nSPS) is 20.5. The summed E-state index contributed by atoms with van der Waals surface area (Å²) in [4.78, 5) is 21.4. The number of H-pyrrole nitrogens is 1. The van der Waals surface area contributed by atoms with E-state index in [4.69, 9.17) is 4.98 Å². The van der Waals surface area contributed by atoms with Crippen molar-refractivity contribution in [2.75, 3.05) is 5.32 Å². The smallest absolute Gasteiger partial charge is 0.226 e. The van der Waals surface area contributed by atoms with Crippen LogP contribution in [0, 0.1) is 0 Å². The molecule has 1 atom stereocenters. The van der Waals surface area contributed by atoms with Gasteiger partial charge in [-0.2, -0.15) is 5.10 Å². The summed E-state index contributed by atoms with van der Waals surface area (Å²) in [6.07, 6.45) is 5.80. The molecule has 0 saturated heterocycles. The molecule has 6 heteroatoms. The quantitative estimate of drug-likeness (QED) is 0.760. The Hall–Kier alpha value is -2.76. The van der Waals surface area contributed by atoms with Crippen molar-refractivity contribution in [3.8, 4) is 0 Å². The topological polar surface area (TPSA) is 83.6 Å². The number of rotatable bonds is 2. The molecule has 5 rings (SSSR count). The molecule has 1 aliphatic heterocycles. The predicted molar refractivity (Wildman–Crippen MR) is 89.8 cm³/mol. The summed E-state index contributed by atoms with van der Waals surface area (Å²) in [5.41, 5.74) is 4.83. The summed E-state index contributed by atoms with van der Waals surface area (Å²) in [5.74, 6) is 1.08. The minimum absolute atomic E-state index is 0.0193. The van der Waals surface area contributed by atoms with Crippen LogP contribution in [-0.4, -0.2) is 26.1 Å². The summed E-state index contributed by atoms with van der Waals surface area (Å²) in [6, 6.07) is 7.81. The molecule has 24 heavy (non-hydrogen) atoms. The van der Waals surface area contributed by atoms with Crippen molar-refractivity contribution in [3.05, 3.63) is 47.4 Å².